The second kappa shape index (κ2) is 4.32. The molecule has 0 bridgehead atoms. The molecule has 4 heteroatoms. The first-order chi connectivity index (χ1) is 9.33. The highest BCUT2D eigenvalue weighted by molar-refractivity contribution is 5.95. The molecule has 100 valence electrons. The molecule has 4 rings (SSSR count). The number of nitrogens with one attached hydrogen (secondary N) is 1. The fourth-order valence-electron chi connectivity index (χ4n) is 3.57. The summed E-state index contributed by atoms with van der Waals surface area (Å²) >= 11 is 0. The summed E-state index contributed by atoms with van der Waals surface area (Å²) in [5.74, 6) is 0.840. The van der Waals surface area contributed by atoms with Crippen LogP contribution in [0.15, 0.2) is 18.2 Å². The van der Waals surface area contributed by atoms with Crippen molar-refractivity contribution >= 4 is 5.91 Å². The fraction of sp³-hybridized carbons (Fsp3) is 0.533. The third-order valence-corrected chi connectivity index (χ3v) is 4.67. The number of ether oxygens (including phenoxy) is 1. The van der Waals surface area contributed by atoms with E-state index in [-0.39, 0.29) is 5.91 Å². The average Bonchev–Trinajstić information content (AvgIpc) is 3.12. The number of fused-ring (bicyclic) bond motifs is 2. The van der Waals surface area contributed by atoms with Gasteiger partial charge in [0, 0.05) is 31.2 Å². The molecule has 0 unspecified atom stereocenters. The number of nitrogens with zero attached hydrogens (tertiary/aromatic N) is 1. The highest BCUT2D eigenvalue weighted by Gasteiger charge is 2.40. The Morgan fingerprint density at radius 2 is 2.16 bits per heavy atom. The van der Waals surface area contributed by atoms with E-state index in [1.807, 2.05) is 18.2 Å². The second-order valence-corrected chi connectivity index (χ2v) is 5.75. The molecule has 1 amide bonds. The molecule has 4 nitrogen and oxygen atoms in total. The molecule has 0 saturated carbocycles. The summed E-state index contributed by atoms with van der Waals surface area (Å²) in [6, 6.07) is 6.40. The van der Waals surface area contributed by atoms with Crippen molar-refractivity contribution in [2.45, 2.75) is 25.7 Å². The third kappa shape index (κ3) is 1.78. The summed E-state index contributed by atoms with van der Waals surface area (Å²) in [6.07, 6.45) is 1.14. The van der Waals surface area contributed by atoms with Gasteiger partial charge in [-0.05, 0) is 35.6 Å². The Kier molecular flexibility index (Phi) is 2.60. The van der Waals surface area contributed by atoms with Gasteiger partial charge in [-0.25, -0.2) is 0 Å². The van der Waals surface area contributed by atoms with Crippen LogP contribution in [0.2, 0.25) is 0 Å². The Morgan fingerprint density at radius 1 is 1.26 bits per heavy atom. The first-order valence-corrected chi connectivity index (χ1v) is 7.04. The Balaban J connectivity index is 1.60. The van der Waals surface area contributed by atoms with Crippen LogP contribution >= 0.6 is 0 Å². The molecule has 2 fully saturated rings. The highest BCUT2D eigenvalue weighted by Crippen LogP contribution is 2.29. The zero-order valence-electron chi connectivity index (χ0n) is 10.9. The Hall–Kier alpha value is -1.39. The lowest BCUT2D eigenvalue weighted by molar-refractivity contribution is 0.0737. The molecule has 19 heavy (non-hydrogen) atoms. The van der Waals surface area contributed by atoms with E-state index in [9.17, 15) is 4.79 Å². The number of benzene rings is 1. The summed E-state index contributed by atoms with van der Waals surface area (Å²) in [5.41, 5.74) is 3.21. The van der Waals surface area contributed by atoms with Gasteiger partial charge in [0.05, 0.1) is 13.2 Å². The van der Waals surface area contributed by atoms with Gasteiger partial charge in [0.25, 0.3) is 5.91 Å². The van der Waals surface area contributed by atoms with Crippen LogP contribution in [0.25, 0.3) is 0 Å². The SMILES string of the molecule is O=C(c1ccc2c(c1)COC2)N1CC[C@H]2CNC[C@H]21. The van der Waals surface area contributed by atoms with Crippen molar-refractivity contribution in [2.75, 3.05) is 19.6 Å². The zero-order chi connectivity index (χ0) is 12.8. The fourth-order valence-corrected chi connectivity index (χ4v) is 3.57. The number of amides is 1. The van der Waals surface area contributed by atoms with Gasteiger partial charge in [-0.2, -0.15) is 0 Å². The van der Waals surface area contributed by atoms with Gasteiger partial charge in [-0.15, -0.1) is 0 Å². The molecule has 1 N–H and O–H groups in total. The van der Waals surface area contributed by atoms with Crippen molar-refractivity contribution in [3.63, 3.8) is 0 Å². The normalized spacial score (nSPS) is 28.5. The zero-order valence-corrected chi connectivity index (χ0v) is 10.9. The average molecular weight is 258 g/mol. The molecular weight excluding hydrogens is 240 g/mol. The second-order valence-electron chi connectivity index (χ2n) is 5.75. The lowest BCUT2D eigenvalue weighted by atomic mass is 10.0. The quantitative estimate of drug-likeness (QED) is 0.821. The summed E-state index contributed by atoms with van der Waals surface area (Å²) in [7, 11) is 0. The minimum atomic E-state index is 0.186. The predicted molar refractivity (Wildman–Crippen MR) is 70.7 cm³/mol. The van der Waals surface area contributed by atoms with Crippen molar-refractivity contribution in [1.82, 2.24) is 10.2 Å². The summed E-state index contributed by atoms with van der Waals surface area (Å²) < 4.78 is 5.41. The lowest BCUT2D eigenvalue weighted by Gasteiger charge is -2.23. The van der Waals surface area contributed by atoms with Gasteiger partial charge in [0.15, 0.2) is 0 Å². The molecule has 0 radical (unpaired) electrons. The summed E-state index contributed by atoms with van der Waals surface area (Å²) in [5, 5.41) is 3.39. The van der Waals surface area contributed by atoms with Crippen LogP contribution in [0, 0.1) is 5.92 Å². The highest BCUT2D eigenvalue weighted by atomic mass is 16.5. The molecule has 3 heterocycles. The van der Waals surface area contributed by atoms with Crippen molar-refractivity contribution in [3.05, 3.63) is 34.9 Å². The van der Waals surface area contributed by atoms with E-state index in [1.54, 1.807) is 0 Å². The molecule has 1 aromatic rings. The van der Waals surface area contributed by atoms with Crippen molar-refractivity contribution < 1.29 is 9.53 Å². The number of hydrogen-bond acceptors (Lipinski definition) is 3. The van der Waals surface area contributed by atoms with E-state index < -0.39 is 0 Å². The first-order valence-electron chi connectivity index (χ1n) is 7.04. The maximum Gasteiger partial charge on any atom is 0.254 e. The Morgan fingerprint density at radius 3 is 3.11 bits per heavy atom. The minimum absolute atomic E-state index is 0.186. The van der Waals surface area contributed by atoms with E-state index in [4.69, 9.17) is 4.74 Å². The van der Waals surface area contributed by atoms with E-state index in [2.05, 4.69) is 10.2 Å². The molecule has 2 saturated heterocycles. The van der Waals surface area contributed by atoms with E-state index in [0.29, 0.717) is 25.2 Å². The van der Waals surface area contributed by atoms with Crippen LogP contribution in [0.4, 0.5) is 0 Å². The maximum atomic E-state index is 12.6. The predicted octanol–water partition coefficient (Wildman–Crippen LogP) is 1.15. The molecule has 2 atom stereocenters. The van der Waals surface area contributed by atoms with E-state index >= 15 is 0 Å². The molecule has 0 aliphatic carbocycles. The molecule has 3 aliphatic rings. The van der Waals surface area contributed by atoms with Gasteiger partial charge >= 0.3 is 0 Å². The Labute approximate surface area is 112 Å². The number of carbonyl (C=O) groups is 1. The lowest BCUT2D eigenvalue weighted by Crippen LogP contribution is -2.39. The maximum absolute atomic E-state index is 12.6. The summed E-state index contributed by atoms with van der Waals surface area (Å²) in [4.78, 5) is 14.7. The topological polar surface area (TPSA) is 41.6 Å². The minimum Gasteiger partial charge on any atom is -0.372 e. The standard InChI is InChI=1S/C15H18N2O2/c18-15(17-4-3-11-6-16-7-14(11)17)10-1-2-12-8-19-9-13(12)5-10/h1-2,5,11,14,16H,3-4,6-9H2/t11-,14+/m0/s1. The number of carbonyl (C=O) groups excluding carboxylic acids is 1. The third-order valence-electron chi connectivity index (χ3n) is 4.67. The smallest absolute Gasteiger partial charge is 0.254 e. The van der Waals surface area contributed by atoms with Gasteiger partial charge in [-0.1, -0.05) is 6.07 Å². The van der Waals surface area contributed by atoms with Gasteiger partial charge in [0.2, 0.25) is 0 Å². The number of likely N-dealkylation sites (tertiary alicyclic amines) is 1. The Bertz CT molecular complexity index is 529. The van der Waals surface area contributed by atoms with Crippen molar-refractivity contribution in [1.29, 1.82) is 0 Å². The van der Waals surface area contributed by atoms with Crippen LogP contribution in [-0.2, 0) is 18.0 Å². The van der Waals surface area contributed by atoms with Gasteiger partial charge in [0.1, 0.15) is 0 Å². The molecular formula is C15H18N2O2. The van der Waals surface area contributed by atoms with Crippen LogP contribution in [0.5, 0.6) is 0 Å². The molecule has 3 aliphatic heterocycles. The molecule has 1 aromatic carbocycles. The van der Waals surface area contributed by atoms with Crippen LogP contribution in [0.1, 0.15) is 27.9 Å². The molecule has 0 spiro atoms. The van der Waals surface area contributed by atoms with Crippen LogP contribution < -0.4 is 5.32 Å². The number of hydrogen-bond donors (Lipinski definition) is 1. The molecule has 0 aromatic heterocycles. The van der Waals surface area contributed by atoms with Crippen LogP contribution in [0.3, 0.4) is 0 Å². The first kappa shape index (κ1) is 11.4. The van der Waals surface area contributed by atoms with E-state index in [1.165, 1.54) is 11.1 Å². The largest absolute Gasteiger partial charge is 0.372 e. The van der Waals surface area contributed by atoms with Crippen molar-refractivity contribution in [2.24, 2.45) is 5.92 Å². The number of rotatable bonds is 1. The monoisotopic (exact) mass is 258 g/mol. The van der Waals surface area contributed by atoms with Crippen molar-refractivity contribution in [3.8, 4) is 0 Å². The summed E-state index contributed by atoms with van der Waals surface area (Å²) in [6.45, 7) is 4.24. The van der Waals surface area contributed by atoms with Gasteiger partial charge in [-0.3, -0.25) is 4.79 Å². The van der Waals surface area contributed by atoms with Crippen LogP contribution in [-0.4, -0.2) is 36.5 Å². The van der Waals surface area contributed by atoms with E-state index in [0.717, 1.165) is 31.6 Å². The van der Waals surface area contributed by atoms with Gasteiger partial charge < -0.3 is 15.0 Å².